The van der Waals surface area contributed by atoms with Gasteiger partial charge in [0.05, 0.1) is 0 Å². The second-order valence-corrected chi connectivity index (χ2v) is 4.92. The molecule has 3 heteroatoms. The topological polar surface area (TPSA) is 32.5 Å². The molecule has 1 heterocycles. The average molecular weight is 185 g/mol. The average Bonchev–Trinajstić information content (AvgIpc) is 2.12. The molecule has 0 unspecified atom stereocenters. The van der Waals surface area contributed by atoms with Crippen LogP contribution in [0, 0.1) is 0 Å². The van der Waals surface area contributed by atoms with Crippen molar-refractivity contribution in [3.8, 4) is 0 Å². The summed E-state index contributed by atoms with van der Waals surface area (Å²) in [5.41, 5.74) is 5.94. The predicted octanol–water partition coefficient (Wildman–Crippen LogP) is 0.361. The molecule has 0 amide bonds. The second-order valence-electron chi connectivity index (χ2n) is 4.92. The van der Waals surface area contributed by atoms with E-state index in [1.54, 1.807) is 0 Å². The predicted molar refractivity (Wildman–Crippen MR) is 56.8 cm³/mol. The van der Waals surface area contributed by atoms with Crippen LogP contribution >= 0.6 is 0 Å². The summed E-state index contributed by atoms with van der Waals surface area (Å²) >= 11 is 0. The molecule has 2 N–H and O–H groups in total. The SMILES string of the molecule is CN1CCCN(CC(C)(C)N)CC1. The van der Waals surface area contributed by atoms with Crippen molar-refractivity contribution in [2.24, 2.45) is 5.73 Å². The lowest BCUT2D eigenvalue weighted by atomic mass is 10.1. The van der Waals surface area contributed by atoms with Crippen LogP contribution < -0.4 is 5.73 Å². The second kappa shape index (κ2) is 4.40. The maximum Gasteiger partial charge on any atom is 0.0226 e. The highest BCUT2D eigenvalue weighted by molar-refractivity contribution is 4.79. The lowest BCUT2D eigenvalue weighted by Crippen LogP contribution is -2.46. The van der Waals surface area contributed by atoms with Crippen LogP contribution in [0.15, 0.2) is 0 Å². The lowest BCUT2D eigenvalue weighted by molar-refractivity contribution is 0.231. The largest absolute Gasteiger partial charge is 0.324 e. The van der Waals surface area contributed by atoms with Gasteiger partial charge in [-0.25, -0.2) is 0 Å². The highest BCUT2D eigenvalue weighted by Gasteiger charge is 2.18. The minimum Gasteiger partial charge on any atom is -0.324 e. The third-order valence-electron chi connectivity index (χ3n) is 2.44. The fourth-order valence-corrected chi connectivity index (χ4v) is 1.83. The van der Waals surface area contributed by atoms with Crippen LogP contribution in [0.2, 0.25) is 0 Å². The maximum absolute atomic E-state index is 6.00. The molecule has 0 aliphatic carbocycles. The molecule has 0 aromatic heterocycles. The summed E-state index contributed by atoms with van der Waals surface area (Å²) in [4.78, 5) is 4.87. The van der Waals surface area contributed by atoms with Crippen LogP contribution in [0.5, 0.6) is 0 Å². The van der Waals surface area contributed by atoms with Gasteiger partial charge in [-0.2, -0.15) is 0 Å². The zero-order valence-corrected chi connectivity index (χ0v) is 9.21. The van der Waals surface area contributed by atoms with E-state index in [1.807, 2.05) is 0 Å². The summed E-state index contributed by atoms with van der Waals surface area (Å²) in [6, 6.07) is 0. The first kappa shape index (κ1) is 11.0. The number of hydrogen-bond donors (Lipinski definition) is 1. The molecule has 0 aromatic carbocycles. The molecular formula is C10H23N3. The Morgan fingerprint density at radius 1 is 1.15 bits per heavy atom. The van der Waals surface area contributed by atoms with Crippen molar-refractivity contribution >= 4 is 0 Å². The minimum absolute atomic E-state index is 0.0527. The third-order valence-corrected chi connectivity index (χ3v) is 2.44. The molecular weight excluding hydrogens is 162 g/mol. The van der Waals surface area contributed by atoms with Gasteiger partial charge in [-0.1, -0.05) is 0 Å². The zero-order valence-electron chi connectivity index (χ0n) is 9.21. The van der Waals surface area contributed by atoms with Gasteiger partial charge in [-0.05, 0) is 40.4 Å². The first-order chi connectivity index (χ1) is 5.97. The zero-order chi connectivity index (χ0) is 9.90. The van der Waals surface area contributed by atoms with Gasteiger partial charge in [0.15, 0.2) is 0 Å². The summed E-state index contributed by atoms with van der Waals surface area (Å²) in [5.74, 6) is 0. The van der Waals surface area contributed by atoms with Crippen molar-refractivity contribution in [2.45, 2.75) is 25.8 Å². The summed E-state index contributed by atoms with van der Waals surface area (Å²) in [6.07, 6.45) is 1.27. The first-order valence-electron chi connectivity index (χ1n) is 5.17. The first-order valence-corrected chi connectivity index (χ1v) is 5.17. The van der Waals surface area contributed by atoms with Gasteiger partial charge < -0.3 is 15.5 Å². The van der Waals surface area contributed by atoms with Crippen molar-refractivity contribution in [1.82, 2.24) is 9.80 Å². The fourth-order valence-electron chi connectivity index (χ4n) is 1.83. The highest BCUT2D eigenvalue weighted by atomic mass is 15.2. The molecule has 3 nitrogen and oxygen atoms in total. The van der Waals surface area contributed by atoms with Crippen molar-refractivity contribution in [3.05, 3.63) is 0 Å². The monoisotopic (exact) mass is 185 g/mol. The van der Waals surface area contributed by atoms with E-state index in [-0.39, 0.29) is 5.54 Å². The van der Waals surface area contributed by atoms with E-state index in [4.69, 9.17) is 5.73 Å². The summed E-state index contributed by atoms with van der Waals surface area (Å²) in [5, 5.41) is 0. The van der Waals surface area contributed by atoms with Crippen molar-refractivity contribution in [3.63, 3.8) is 0 Å². The van der Waals surface area contributed by atoms with Crippen molar-refractivity contribution in [1.29, 1.82) is 0 Å². The molecule has 0 aromatic rings. The van der Waals surface area contributed by atoms with Crippen LogP contribution in [0.3, 0.4) is 0 Å². The van der Waals surface area contributed by atoms with Crippen molar-refractivity contribution < 1.29 is 0 Å². The van der Waals surface area contributed by atoms with Crippen molar-refractivity contribution in [2.75, 3.05) is 39.8 Å². The molecule has 1 aliphatic heterocycles. The smallest absolute Gasteiger partial charge is 0.0226 e. The molecule has 0 spiro atoms. The Kier molecular flexibility index (Phi) is 3.71. The highest BCUT2D eigenvalue weighted by Crippen LogP contribution is 2.05. The fraction of sp³-hybridized carbons (Fsp3) is 1.00. The number of hydrogen-bond acceptors (Lipinski definition) is 3. The molecule has 1 aliphatic rings. The summed E-state index contributed by atoms with van der Waals surface area (Å²) in [6.45, 7) is 9.98. The molecule has 13 heavy (non-hydrogen) atoms. The van der Waals surface area contributed by atoms with Gasteiger partial charge in [0.25, 0.3) is 0 Å². The van der Waals surface area contributed by atoms with Crippen LogP contribution in [0.1, 0.15) is 20.3 Å². The summed E-state index contributed by atoms with van der Waals surface area (Å²) < 4.78 is 0. The molecule has 1 rings (SSSR count). The Morgan fingerprint density at radius 2 is 1.85 bits per heavy atom. The van der Waals surface area contributed by atoms with Gasteiger partial charge >= 0.3 is 0 Å². The normalized spacial score (nSPS) is 23.1. The molecule has 0 saturated carbocycles. The maximum atomic E-state index is 6.00. The van der Waals surface area contributed by atoms with E-state index >= 15 is 0 Å². The van der Waals surface area contributed by atoms with Gasteiger partial charge in [0, 0.05) is 25.2 Å². The van der Waals surface area contributed by atoms with Crippen LogP contribution in [-0.2, 0) is 0 Å². The minimum atomic E-state index is -0.0527. The van der Waals surface area contributed by atoms with Crippen LogP contribution in [0.25, 0.3) is 0 Å². The Morgan fingerprint density at radius 3 is 2.46 bits per heavy atom. The van der Waals surface area contributed by atoms with Crippen LogP contribution in [-0.4, -0.2) is 55.1 Å². The molecule has 1 fully saturated rings. The molecule has 0 atom stereocenters. The number of likely N-dealkylation sites (N-methyl/N-ethyl adjacent to an activating group) is 1. The molecule has 78 valence electrons. The Labute approximate surface area is 81.9 Å². The molecule has 1 saturated heterocycles. The van der Waals surface area contributed by atoms with E-state index < -0.39 is 0 Å². The molecule has 0 bridgehead atoms. The molecule has 0 radical (unpaired) electrons. The lowest BCUT2D eigenvalue weighted by Gasteiger charge is -2.28. The Hall–Kier alpha value is -0.120. The van der Waals surface area contributed by atoms with Gasteiger partial charge in [0.1, 0.15) is 0 Å². The van der Waals surface area contributed by atoms with Crippen LogP contribution in [0.4, 0.5) is 0 Å². The standard InChI is InChI=1S/C10H23N3/c1-10(2,11)9-13-6-4-5-12(3)7-8-13/h4-9,11H2,1-3H3. The van der Waals surface area contributed by atoms with Gasteiger partial charge in [0.2, 0.25) is 0 Å². The summed E-state index contributed by atoms with van der Waals surface area (Å²) in [7, 11) is 2.19. The number of rotatable bonds is 2. The third kappa shape index (κ3) is 4.60. The van der Waals surface area contributed by atoms with Gasteiger partial charge in [-0.15, -0.1) is 0 Å². The number of nitrogens with zero attached hydrogens (tertiary/aromatic N) is 2. The van der Waals surface area contributed by atoms with E-state index in [9.17, 15) is 0 Å². The quantitative estimate of drug-likeness (QED) is 0.674. The van der Waals surface area contributed by atoms with E-state index in [0.29, 0.717) is 0 Å². The Bertz CT molecular complexity index is 151. The van der Waals surface area contributed by atoms with E-state index in [1.165, 1.54) is 26.1 Å². The van der Waals surface area contributed by atoms with E-state index in [0.717, 1.165) is 13.1 Å². The van der Waals surface area contributed by atoms with Gasteiger partial charge in [-0.3, -0.25) is 0 Å². The van der Waals surface area contributed by atoms with E-state index in [2.05, 4.69) is 30.7 Å². The Balaban J connectivity index is 2.34. The number of nitrogens with two attached hydrogens (primary N) is 1.